The second kappa shape index (κ2) is 10.5. The molecule has 0 aliphatic heterocycles. The van der Waals surface area contributed by atoms with Crippen LogP contribution in [0.25, 0.3) is 16.8 Å². The van der Waals surface area contributed by atoms with Crippen LogP contribution in [0.4, 0.5) is 18.9 Å². The number of nitriles is 1. The van der Waals surface area contributed by atoms with Crippen molar-refractivity contribution in [3.8, 4) is 34.6 Å². The van der Waals surface area contributed by atoms with Gasteiger partial charge in [0.2, 0.25) is 0 Å². The van der Waals surface area contributed by atoms with Gasteiger partial charge in [-0.3, -0.25) is 0 Å². The van der Waals surface area contributed by atoms with Gasteiger partial charge in [0.25, 0.3) is 5.63 Å². The number of hydrogen-bond donors (Lipinski definition) is 1. The number of para-hydroxylation sites is 2. The molecule has 1 heterocycles. The number of methoxy groups -OCH3 is 2. The van der Waals surface area contributed by atoms with Gasteiger partial charge in [-0.15, -0.1) is 11.3 Å². The van der Waals surface area contributed by atoms with Gasteiger partial charge in [-0.05, 0) is 30.3 Å². The molecule has 0 bridgehead atoms. The maximum Gasteiger partial charge on any atom is 0.444 e. The molecule has 6 nitrogen and oxygen atoms in total. The molecular formula is C22H17ClF3N3O3S. The molecule has 0 aliphatic rings. The van der Waals surface area contributed by atoms with Gasteiger partial charge >= 0.3 is 6.11 Å². The quantitative estimate of drug-likeness (QED) is 0.277. The van der Waals surface area contributed by atoms with Crippen LogP contribution in [0.15, 0.2) is 54.0 Å². The number of hydrogen-bond acceptors (Lipinski definition) is 7. The fourth-order valence-electron chi connectivity index (χ4n) is 2.68. The summed E-state index contributed by atoms with van der Waals surface area (Å²) in [4.78, 5) is 4.47. The average Bonchev–Trinajstić information content (AvgIpc) is 3.29. The van der Waals surface area contributed by atoms with Crippen molar-refractivity contribution in [2.45, 2.75) is 11.7 Å². The van der Waals surface area contributed by atoms with Crippen LogP contribution in [0.2, 0.25) is 0 Å². The first-order chi connectivity index (χ1) is 15.8. The Morgan fingerprint density at radius 3 is 2.58 bits per heavy atom. The summed E-state index contributed by atoms with van der Waals surface area (Å²) in [5.41, 5.74) is -1.44. The summed E-state index contributed by atoms with van der Waals surface area (Å²) in [5, 5.41) is 14.5. The molecule has 3 aromatic rings. The van der Waals surface area contributed by atoms with Crippen LogP contribution in [0.3, 0.4) is 0 Å². The van der Waals surface area contributed by atoms with Gasteiger partial charge in [-0.1, -0.05) is 23.7 Å². The smallest absolute Gasteiger partial charge is 0.444 e. The van der Waals surface area contributed by atoms with Gasteiger partial charge in [0, 0.05) is 17.1 Å². The average molecular weight is 496 g/mol. The summed E-state index contributed by atoms with van der Waals surface area (Å²) in [6.45, 7) is 0. The Hall–Kier alpha value is -3.42. The van der Waals surface area contributed by atoms with Gasteiger partial charge in [0.15, 0.2) is 11.5 Å². The largest absolute Gasteiger partial charge is 0.493 e. The number of alkyl halides is 4. The molecular weight excluding hydrogens is 479 g/mol. The third kappa shape index (κ3) is 5.69. The standard InChI is InChI=1S/C22H17ClF3N3O3S/c1-30-18-8-7-13(9-19(18)31-2)16-12-33-20(29-16)14(10-27)11-28-15-5-3-4-6-17(15)32-22(25,26)21(23)24/h3-9,11-12,21,28H,1-2H3/b14-11+/t21-/m0/s1. The topological polar surface area (TPSA) is 76.4 Å². The molecule has 0 radical (unpaired) electrons. The molecule has 3 rings (SSSR count). The number of aromatic nitrogens is 1. The van der Waals surface area contributed by atoms with E-state index in [0.29, 0.717) is 22.2 Å². The van der Waals surface area contributed by atoms with E-state index in [1.54, 1.807) is 29.6 Å². The van der Waals surface area contributed by atoms with Gasteiger partial charge in [0.1, 0.15) is 22.4 Å². The third-order valence-corrected chi connectivity index (χ3v) is 5.42. The van der Waals surface area contributed by atoms with Crippen LogP contribution in [0, 0.1) is 11.3 Å². The second-order valence-electron chi connectivity index (χ2n) is 6.38. The van der Waals surface area contributed by atoms with Gasteiger partial charge in [-0.25, -0.2) is 9.37 Å². The van der Waals surface area contributed by atoms with Crippen molar-refractivity contribution >= 4 is 34.2 Å². The van der Waals surface area contributed by atoms with Crippen LogP contribution in [-0.2, 0) is 0 Å². The highest BCUT2D eigenvalue weighted by atomic mass is 35.5. The molecule has 0 fully saturated rings. The molecule has 2 aromatic carbocycles. The lowest BCUT2D eigenvalue weighted by molar-refractivity contribution is -0.198. The number of nitrogens with one attached hydrogen (secondary N) is 1. The summed E-state index contributed by atoms with van der Waals surface area (Å²) in [6.07, 6.45) is -2.93. The molecule has 11 heteroatoms. The molecule has 1 atom stereocenters. The lowest BCUT2D eigenvalue weighted by atomic mass is 10.1. The number of rotatable bonds is 9. The first-order valence-electron chi connectivity index (χ1n) is 9.28. The molecule has 0 amide bonds. The summed E-state index contributed by atoms with van der Waals surface area (Å²) in [7, 11) is 3.06. The van der Waals surface area contributed by atoms with Gasteiger partial charge in [-0.2, -0.15) is 14.0 Å². The van der Waals surface area contributed by atoms with Crippen molar-refractivity contribution in [3.05, 3.63) is 59.1 Å². The van der Waals surface area contributed by atoms with E-state index < -0.39 is 11.7 Å². The molecule has 33 heavy (non-hydrogen) atoms. The van der Waals surface area contributed by atoms with E-state index in [9.17, 15) is 18.4 Å². The van der Waals surface area contributed by atoms with Gasteiger partial charge in [0.05, 0.1) is 25.6 Å². The lowest BCUT2D eigenvalue weighted by Crippen LogP contribution is -2.33. The highest BCUT2D eigenvalue weighted by molar-refractivity contribution is 7.11. The molecule has 0 saturated carbocycles. The number of anilines is 1. The number of allylic oxidation sites excluding steroid dienone is 1. The van der Waals surface area contributed by atoms with Crippen molar-refractivity contribution in [2.24, 2.45) is 0 Å². The highest BCUT2D eigenvalue weighted by Gasteiger charge is 2.42. The SMILES string of the molecule is COc1ccc(-c2csc(/C(C#N)=C/Nc3ccccc3OC(F)(F)[C@H](F)Cl)n2)cc1OC. The molecule has 0 saturated heterocycles. The first kappa shape index (κ1) is 24.2. The monoisotopic (exact) mass is 495 g/mol. The van der Waals surface area contributed by atoms with Crippen LogP contribution >= 0.6 is 22.9 Å². The van der Waals surface area contributed by atoms with Crippen LogP contribution in [-0.4, -0.2) is 30.9 Å². The van der Waals surface area contributed by atoms with Crippen molar-refractivity contribution in [2.75, 3.05) is 19.5 Å². The van der Waals surface area contributed by atoms with Crippen LogP contribution < -0.4 is 19.5 Å². The van der Waals surface area contributed by atoms with E-state index >= 15 is 0 Å². The molecule has 172 valence electrons. The maximum atomic E-state index is 13.6. The zero-order valence-electron chi connectivity index (χ0n) is 17.3. The van der Waals surface area contributed by atoms with E-state index in [1.165, 1.54) is 50.0 Å². The predicted octanol–water partition coefficient (Wildman–Crippen LogP) is 6.31. The minimum atomic E-state index is -4.23. The van der Waals surface area contributed by atoms with E-state index in [4.69, 9.17) is 21.1 Å². The van der Waals surface area contributed by atoms with E-state index in [1.807, 2.05) is 6.07 Å². The number of thiazole rings is 1. The minimum absolute atomic E-state index is 0.0823. The molecule has 0 unspecified atom stereocenters. The Balaban J connectivity index is 1.84. The molecule has 0 aliphatic carbocycles. The fraction of sp³-hybridized carbons (Fsp3) is 0.182. The van der Waals surface area contributed by atoms with E-state index in [0.717, 1.165) is 5.56 Å². The van der Waals surface area contributed by atoms with E-state index in [-0.39, 0.29) is 17.0 Å². The molecule has 1 N–H and O–H groups in total. The maximum absolute atomic E-state index is 13.6. The van der Waals surface area contributed by atoms with Crippen LogP contribution in [0.1, 0.15) is 5.01 Å². The summed E-state index contributed by atoms with van der Waals surface area (Å²) in [6, 6.07) is 12.9. The van der Waals surface area contributed by atoms with Crippen molar-refractivity contribution in [1.82, 2.24) is 4.98 Å². The lowest BCUT2D eigenvalue weighted by Gasteiger charge is -2.19. The number of benzene rings is 2. The van der Waals surface area contributed by atoms with E-state index in [2.05, 4.69) is 15.0 Å². The normalized spacial score (nSPS) is 12.6. The molecule has 0 spiro atoms. The Morgan fingerprint density at radius 1 is 1.18 bits per heavy atom. The van der Waals surface area contributed by atoms with Crippen molar-refractivity contribution in [1.29, 1.82) is 5.26 Å². The Labute approximate surface area is 196 Å². The third-order valence-electron chi connectivity index (χ3n) is 4.29. The summed E-state index contributed by atoms with van der Waals surface area (Å²) in [5.74, 6) is 0.755. The first-order valence-corrected chi connectivity index (χ1v) is 10.6. The van der Waals surface area contributed by atoms with Gasteiger partial charge < -0.3 is 19.5 Å². The van der Waals surface area contributed by atoms with Crippen molar-refractivity contribution in [3.63, 3.8) is 0 Å². The highest BCUT2D eigenvalue weighted by Crippen LogP contribution is 2.35. The predicted molar refractivity (Wildman–Crippen MR) is 121 cm³/mol. The number of halogens is 4. The second-order valence-corrected chi connectivity index (χ2v) is 7.62. The Kier molecular flexibility index (Phi) is 7.68. The summed E-state index contributed by atoms with van der Waals surface area (Å²) >= 11 is 6.07. The molecule has 1 aromatic heterocycles. The van der Waals surface area contributed by atoms with Crippen LogP contribution in [0.5, 0.6) is 17.2 Å². The summed E-state index contributed by atoms with van der Waals surface area (Å²) < 4.78 is 55.0. The van der Waals surface area contributed by atoms with Crippen molar-refractivity contribution < 1.29 is 27.4 Å². The minimum Gasteiger partial charge on any atom is -0.493 e. The Morgan fingerprint density at radius 2 is 1.91 bits per heavy atom. The zero-order chi connectivity index (χ0) is 24.0. The Bertz CT molecular complexity index is 1190. The fourth-order valence-corrected chi connectivity index (χ4v) is 3.52. The number of ether oxygens (including phenoxy) is 3. The zero-order valence-corrected chi connectivity index (χ0v) is 18.9. The number of nitrogens with zero attached hydrogens (tertiary/aromatic N) is 2.